The third-order valence-electron chi connectivity index (χ3n) is 8.35. The maximum atomic E-state index is 14.4. The van der Waals surface area contributed by atoms with Gasteiger partial charge >= 0.3 is 13.7 Å². The van der Waals surface area contributed by atoms with E-state index in [1.165, 1.54) is 36.7 Å². The van der Waals surface area contributed by atoms with Crippen molar-refractivity contribution in [2.24, 2.45) is 5.92 Å². The average Bonchev–Trinajstić information content (AvgIpc) is 3.63. The van der Waals surface area contributed by atoms with Crippen LogP contribution in [0.2, 0.25) is 5.02 Å². The first-order valence-corrected chi connectivity index (χ1v) is 19.4. The van der Waals surface area contributed by atoms with Gasteiger partial charge in [-0.2, -0.15) is 15.1 Å². The van der Waals surface area contributed by atoms with Crippen molar-refractivity contribution in [3.63, 3.8) is 0 Å². The normalized spacial score (nSPS) is 21.2. The van der Waals surface area contributed by atoms with Crippen LogP contribution in [-0.2, 0) is 40.0 Å². The summed E-state index contributed by atoms with van der Waals surface area (Å²) < 4.78 is 91.1. The molecule has 2 aliphatic rings. The number of carbonyl (C=O) groups is 1. The highest BCUT2D eigenvalue weighted by Crippen LogP contribution is 2.51. The number of aromatic nitrogens is 4. The van der Waals surface area contributed by atoms with Gasteiger partial charge in [0.2, 0.25) is 16.0 Å². The van der Waals surface area contributed by atoms with Crippen LogP contribution in [0.5, 0.6) is 5.75 Å². The van der Waals surface area contributed by atoms with Crippen LogP contribution >= 0.6 is 19.3 Å². The van der Waals surface area contributed by atoms with Gasteiger partial charge in [-0.3, -0.25) is 19.3 Å². The van der Waals surface area contributed by atoms with Gasteiger partial charge in [0, 0.05) is 10.9 Å². The van der Waals surface area contributed by atoms with E-state index in [-0.39, 0.29) is 54.0 Å². The number of nitrogens with two attached hydrogens (primary N) is 1. The molecule has 6 rings (SSSR count). The number of hydrogen-bond donors (Lipinski definition) is 4. The molecule has 1 saturated heterocycles. The third kappa shape index (κ3) is 8.41. The molecule has 0 amide bonds. The standard InChI is InChI=1S/C30H34ClF2N8O8PS/c1-17-13-20(48-27(17)41-16-35-24-25(38-40-51(2,44)45)36-29(34)37-26(24)41)14-47-50(43,49-19-9-7-18(31)8-10-19)39-30(11-4-12-30)28(42)46-15-21-22(32)5-3-6-23(21)33/h3,5-10,16-17,20,27,40H,4,11-15H2,1-2H3,(H,39,43)(H3,34,36,37,38). The second kappa shape index (κ2) is 14.6. The molecule has 2 fully saturated rings. The van der Waals surface area contributed by atoms with E-state index in [9.17, 15) is 26.6 Å². The monoisotopic (exact) mass is 770 g/mol. The fraction of sp³-hybridized carbons (Fsp3) is 0.400. The van der Waals surface area contributed by atoms with Gasteiger partial charge in [-0.15, -0.1) is 4.83 Å². The van der Waals surface area contributed by atoms with Crippen molar-refractivity contribution in [2.75, 3.05) is 24.0 Å². The molecule has 4 atom stereocenters. The number of rotatable bonds is 14. The molecule has 16 nitrogen and oxygen atoms in total. The van der Waals surface area contributed by atoms with Gasteiger partial charge < -0.3 is 19.7 Å². The molecule has 2 aromatic heterocycles. The van der Waals surface area contributed by atoms with Crippen molar-refractivity contribution >= 4 is 58.3 Å². The van der Waals surface area contributed by atoms with Crippen molar-refractivity contribution in [1.29, 1.82) is 0 Å². The second-order valence-corrected chi connectivity index (χ2v) is 16.1. The number of sulfonamides is 1. The summed E-state index contributed by atoms with van der Waals surface area (Å²) in [5.41, 5.74) is 6.92. The number of hydrogen-bond acceptors (Lipinski definition) is 13. The minimum Gasteiger partial charge on any atom is -0.459 e. The minimum absolute atomic E-state index is 0.0288. The number of benzene rings is 2. The molecule has 0 spiro atoms. The number of carbonyl (C=O) groups excluding carboxylic acids is 1. The highest BCUT2D eigenvalue weighted by atomic mass is 35.5. The fourth-order valence-electron chi connectivity index (χ4n) is 5.71. The Labute approximate surface area is 296 Å². The molecule has 4 unspecified atom stereocenters. The topological polar surface area (TPSA) is 211 Å². The van der Waals surface area contributed by atoms with Crippen molar-refractivity contribution in [3.05, 3.63) is 71.0 Å². The Balaban J connectivity index is 1.18. The number of anilines is 2. The molecule has 4 aromatic rings. The maximum absolute atomic E-state index is 14.4. The van der Waals surface area contributed by atoms with Crippen LogP contribution < -0.4 is 25.6 Å². The highest BCUT2D eigenvalue weighted by molar-refractivity contribution is 7.88. The summed E-state index contributed by atoms with van der Waals surface area (Å²) in [7, 11) is -8.01. The minimum atomic E-state index is -4.38. The zero-order valence-corrected chi connectivity index (χ0v) is 29.7. The zero-order valence-electron chi connectivity index (χ0n) is 27.2. The van der Waals surface area contributed by atoms with Gasteiger partial charge in [0.05, 0.1) is 30.9 Å². The maximum Gasteiger partial charge on any atom is 0.459 e. The van der Waals surface area contributed by atoms with E-state index in [0.29, 0.717) is 17.9 Å². The quantitative estimate of drug-likeness (QED) is 0.0785. The van der Waals surface area contributed by atoms with E-state index in [4.69, 9.17) is 35.9 Å². The van der Waals surface area contributed by atoms with Crippen LogP contribution in [0.3, 0.4) is 0 Å². The number of ether oxygens (including phenoxy) is 2. The molecular formula is C30H34ClF2N8O8PS. The van der Waals surface area contributed by atoms with Gasteiger partial charge in [-0.25, -0.2) is 26.7 Å². The van der Waals surface area contributed by atoms with Gasteiger partial charge in [0.1, 0.15) is 35.8 Å². The first-order chi connectivity index (χ1) is 24.1. The molecule has 2 aromatic carbocycles. The Morgan fingerprint density at radius 2 is 1.88 bits per heavy atom. The predicted octanol–water partition coefficient (Wildman–Crippen LogP) is 4.60. The van der Waals surface area contributed by atoms with E-state index in [1.807, 2.05) is 6.92 Å². The Morgan fingerprint density at radius 1 is 1.18 bits per heavy atom. The summed E-state index contributed by atoms with van der Waals surface area (Å²) in [5.74, 6) is -2.77. The predicted molar refractivity (Wildman–Crippen MR) is 181 cm³/mol. The average molecular weight is 771 g/mol. The summed E-state index contributed by atoms with van der Waals surface area (Å²) >= 11 is 6.02. The lowest BCUT2D eigenvalue weighted by Crippen LogP contribution is -2.57. The van der Waals surface area contributed by atoms with Crippen molar-refractivity contribution < 1.29 is 45.1 Å². The smallest absolute Gasteiger partial charge is 0.459 e. The summed E-state index contributed by atoms with van der Waals surface area (Å²) in [5, 5.41) is 3.16. The lowest BCUT2D eigenvalue weighted by atomic mass is 9.78. The van der Waals surface area contributed by atoms with Crippen LogP contribution in [0, 0.1) is 17.6 Å². The number of nitrogens with one attached hydrogen (secondary N) is 3. The summed E-state index contributed by atoms with van der Waals surface area (Å²) in [6.07, 6.45) is 2.50. The molecule has 5 N–H and O–H groups in total. The first kappa shape index (κ1) is 36.8. The van der Waals surface area contributed by atoms with Crippen LogP contribution in [0.25, 0.3) is 11.2 Å². The van der Waals surface area contributed by atoms with Crippen LogP contribution in [-0.4, -0.2) is 58.4 Å². The molecule has 274 valence electrons. The second-order valence-electron chi connectivity index (χ2n) is 12.3. The van der Waals surface area contributed by atoms with E-state index in [2.05, 4.69) is 30.3 Å². The van der Waals surface area contributed by atoms with E-state index < -0.39 is 65.4 Å². The van der Waals surface area contributed by atoms with Crippen LogP contribution in [0.1, 0.15) is 44.4 Å². The summed E-state index contributed by atoms with van der Waals surface area (Å²) in [6, 6.07) is 9.29. The van der Waals surface area contributed by atoms with E-state index in [0.717, 1.165) is 18.4 Å². The number of nitrogens with zero attached hydrogens (tertiary/aromatic N) is 4. The molecule has 1 saturated carbocycles. The first-order valence-electron chi connectivity index (χ1n) is 15.6. The Bertz CT molecular complexity index is 2070. The highest BCUT2D eigenvalue weighted by Gasteiger charge is 2.52. The van der Waals surface area contributed by atoms with Crippen LogP contribution in [0.15, 0.2) is 48.8 Å². The third-order valence-corrected chi connectivity index (χ3v) is 10.7. The molecule has 0 radical (unpaired) electrons. The van der Waals surface area contributed by atoms with Crippen molar-refractivity contribution in [1.82, 2.24) is 29.4 Å². The number of hydrazine groups is 1. The Kier molecular flexibility index (Phi) is 10.5. The van der Waals surface area contributed by atoms with Crippen molar-refractivity contribution in [2.45, 2.75) is 57.1 Å². The number of halogens is 3. The SMILES string of the molecule is CC1CC(COP(=O)(NC2(C(=O)OCc3c(F)cccc3F)CCC2)Oc2ccc(Cl)cc2)OC1n1cnc2c(NNS(C)(=O)=O)nc(N)nc21. The summed E-state index contributed by atoms with van der Waals surface area (Å²) in [6.45, 7) is 0.981. The lowest BCUT2D eigenvalue weighted by molar-refractivity contribution is -0.156. The Morgan fingerprint density at radius 3 is 2.53 bits per heavy atom. The molecule has 0 bridgehead atoms. The van der Waals surface area contributed by atoms with Crippen molar-refractivity contribution in [3.8, 4) is 5.75 Å². The zero-order chi connectivity index (χ0) is 36.6. The summed E-state index contributed by atoms with van der Waals surface area (Å²) in [4.78, 5) is 28.1. The molecule has 1 aliphatic heterocycles. The fourth-order valence-corrected chi connectivity index (χ4v) is 7.88. The number of nitrogen functional groups attached to an aromatic ring is 1. The Hall–Kier alpha value is -3.97. The number of esters is 1. The molecule has 51 heavy (non-hydrogen) atoms. The molecule has 3 heterocycles. The van der Waals surface area contributed by atoms with Crippen LogP contribution in [0.4, 0.5) is 20.5 Å². The number of imidazole rings is 1. The lowest BCUT2D eigenvalue weighted by Gasteiger charge is -2.41. The van der Waals surface area contributed by atoms with Gasteiger partial charge in [-0.05, 0) is 62.1 Å². The molecular weight excluding hydrogens is 737 g/mol. The van der Waals surface area contributed by atoms with E-state index >= 15 is 0 Å². The largest absolute Gasteiger partial charge is 0.459 e. The molecule has 1 aliphatic carbocycles. The molecule has 21 heteroatoms. The number of fused-ring (bicyclic) bond motifs is 1. The van der Waals surface area contributed by atoms with Gasteiger partial charge in [0.15, 0.2) is 17.0 Å². The van der Waals surface area contributed by atoms with Gasteiger partial charge in [0.25, 0.3) is 0 Å². The van der Waals surface area contributed by atoms with E-state index in [1.54, 1.807) is 4.57 Å². The van der Waals surface area contributed by atoms with Gasteiger partial charge in [-0.1, -0.05) is 24.6 Å².